The van der Waals surface area contributed by atoms with Gasteiger partial charge in [0.2, 0.25) is 5.91 Å². The number of amides is 1. The number of methoxy groups -OCH3 is 2. The van der Waals surface area contributed by atoms with Crippen molar-refractivity contribution in [1.82, 2.24) is 0 Å². The number of carbonyl (C=O) groups excluding carboxylic acids is 3. The van der Waals surface area contributed by atoms with E-state index in [2.05, 4.69) is 5.32 Å². The quantitative estimate of drug-likeness (QED) is 0.274. The molecule has 0 unspecified atom stereocenters. The van der Waals surface area contributed by atoms with Crippen LogP contribution in [-0.4, -0.2) is 31.7 Å². The fourth-order valence-electron chi connectivity index (χ4n) is 3.38. The highest BCUT2D eigenvalue weighted by Gasteiger charge is 2.29. The molecule has 0 aliphatic carbocycles. The van der Waals surface area contributed by atoms with Crippen molar-refractivity contribution in [2.45, 2.75) is 18.8 Å². The maximum absolute atomic E-state index is 13.3. The van der Waals surface area contributed by atoms with E-state index in [0.717, 1.165) is 0 Å². The van der Waals surface area contributed by atoms with E-state index in [1.54, 1.807) is 60.7 Å². The molecule has 8 heteroatoms. The van der Waals surface area contributed by atoms with Crippen molar-refractivity contribution >= 4 is 46.4 Å². The summed E-state index contributed by atoms with van der Waals surface area (Å²) in [6, 6.07) is 18.0. The molecule has 0 fully saturated rings. The zero-order valence-electron chi connectivity index (χ0n) is 18.6. The van der Waals surface area contributed by atoms with Gasteiger partial charge < -0.3 is 14.8 Å². The summed E-state index contributed by atoms with van der Waals surface area (Å²) in [5.74, 6) is -0.956. The van der Waals surface area contributed by atoms with Crippen molar-refractivity contribution < 1.29 is 23.9 Å². The molecule has 3 aromatic carbocycles. The van der Waals surface area contributed by atoms with Gasteiger partial charge in [-0.05, 0) is 60.2 Å². The largest absolute Gasteiger partial charge is 0.497 e. The van der Waals surface area contributed by atoms with E-state index in [1.165, 1.54) is 20.3 Å². The average Bonchev–Trinajstić information content (AvgIpc) is 2.85. The Labute approximate surface area is 207 Å². The highest BCUT2D eigenvalue weighted by molar-refractivity contribution is 6.42. The Bertz CT molecular complexity index is 1180. The Morgan fingerprint density at radius 2 is 1.38 bits per heavy atom. The van der Waals surface area contributed by atoms with Gasteiger partial charge >= 0.3 is 0 Å². The number of halogens is 2. The Morgan fingerprint density at radius 3 is 1.94 bits per heavy atom. The van der Waals surface area contributed by atoms with Gasteiger partial charge in [-0.3, -0.25) is 14.4 Å². The van der Waals surface area contributed by atoms with Gasteiger partial charge in [0, 0.05) is 24.1 Å². The van der Waals surface area contributed by atoms with Crippen molar-refractivity contribution in [3.05, 3.63) is 87.9 Å². The van der Waals surface area contributed by atoms with Crippen LogP contribution in [-0.2, 0) is 9.59 Å². The normalized spacial score (nSPS) is 11.4. The van der Waals surface area contributed by atoms with Crippen molar-refractivity contribution in [2.75, 3.05) is 19.5 Å². The molecule has 1 atom stereocenters. The smallest absolute Gasteiger partial charge is 0.224 e. The number of carbonyl (C=O) groups is 3. The Kier molecular flexibility index (Phi) is 8.68. The number of hydrogen-bond donors (Lipinski definition) is 1. The molecule has 0 aromatic heterocycles. The third-order valence-corrected chi connectivity index (χ3v) is 5.95. The van der Waals surface area contributed by atoms with Crippen LogP contribution in [0.2, 0.25) is 10.0 Å². The molecule has 0 heterocycles. The monoisotopic (exact) mass is 499 g/mol. The van der Waals surface area contributed by atoms with Gasteiger partial charge in [0.1, 0.15) is 23.2 Å². The summed E-state index contributed by atoms with van der Waals surface area (Å²) in [4.78, 5) is 38.9. The Morgan fingerprint density at radius 1 is 0.794 bits per heavy atom. The highest BCUT2D eigenvalue weighted by Crippen LogP contribution is 2.28. The molecule has 0 radical (unpaired) electrons. The lowest BCUT2D eigenvalue weighted by molar-refractivity contribution is -0.123. The maximum Gasteiger partial charge on any atom is 0.224 e. The van der Waals surface area contributed by atoms with Gasteiger partial charge in [0.25, 0.3) is 0 Å². The number of ether oxygens (including phenoxy) is 2. The Hall–Kier alpha value is -3.35. The molecular weight excluding hydrogens is 477 g/mol. The summed E-state index contributed by atoms with van der Waals surface area (Å²) in [7, 11) is 3.07. The van der Waals surface area contributed by atoms with Gasteiger partial charge in [-0.2, -0.15) is 0 Å². The molecule has 3 rings (SSSR count). The van der Waals surface area contributed by atoms with Crippen LogP contribution in [0, 0.1) is 0 Å². The Balaban J connectivity index is 1.77. The molecule has 0 bridgehead atoms. The summed E-state index contributed by atoms with van der Waals surface area (Å²) in [6.07, 6.45) is -0.215. The van der Waals surface area contributed by atoms with Crippen LogP contribution in [0.15, 0.2) is 66.7 Å². The standard InChI is InChI=1S/C26H23Cl2NO5/c1-33-19-8-3-16(4-9-19)25(26(32)17-5-10-20(34-2)11-6-17)23(30)13-14-24(31)29-18-7-12-21(27)22(28)15-18/h3-12,15,25H,13-14H2,1-2H3,(H,29,31)/t25-/m1/s1. The molecule has 1 amide bonds. The van der Waals surface area contributed by atoms with Crippen LogP contribution in [0.25, 0.3) is 0 Å². The number of nitrogens with one attached hydrogen (secondary N) is 1. The minimum atomic E-state index is -1.06. The minimum Gasteiger partial charge on any atom is -0.497 e. The van der Waals surface area contributed by atoms with E-state index in [1.807, 2.05) is 0 Å². The second-order valence-corrected chi connectivity index (χ2v) is 8.26. The first-order valence-corrected chi connectivity index (χ1v) is 11.2. The van der Waals surface area contributed by atoms with E-state index in [0.29, 0.717) is 38.4 Å². The second kappa shape index (κ2) is 11.7. The molecule has 3 aromatic rings. The molecule has 0 aliphatic rings. The molecule has 1 N–H and O–H groups in total. The van der Waals surface area contributed by atoms with Gasteiger partial charge in [-0.1, -0.05) is 35.3 Å². The third-order valence-electron chi connectivity index (χ3n) is 5.21. The molecule has 34 heavy (non-hydrogen) atoms. The van der Waals surface area contributed by atoms with Crippen LogP contribution in [0.4, 0.5) is 5.69 Å². The van der Waals surface area contributed by atoms with Crippen LogP contribution >= 0.6 is 23.2 Å². The van der Waals surface area contributed by atoms with Crippen LogP contribution in [0.1, 0.15) is 34.7 Å². The van der Waals surface area contributed by atoms with Gasteiger partial charge in [0.05, 0.1) is 24.3 Å². The second-order valence-electron chi connectivity index (χ2n) is 7.44. The maximum atomic E-state index is 13.3. The highest BCUT2D eigenvalue weighted by atomic mass is 35.5. The summed E-state index contributed by atoms with van der Waals surface area (Å²) in [5.41, 5.74) is 1.36. The minimum absolute atomic E-state index is 0.0956. The van der Waals surface area contributed by atoms with Crippen molar-refractivity contribution in [1.29, 1.82) is 0 Å². The van der Waals surface area contributed by atoms with Crippen molar-refractivity contribution in [2.24, 2.45) is 0 Å². The van der Waals surface area contributed by atoms with Crippen LogP contribution in [0.3, 0.4) is 0 Å². The first-order valence-electron chi connectivity index (χ1n) is 10.4. The first-order chi connectivity index (χ1) is 16.3. The molecule has 0 saturated carbocycles. The predicted octanol–water partition coefficient (Wildman–Crippen LogP) is 5.97. The lowest BCUT2D eigenvalue weighted by Crippen LogP contribution is -2.24. The zero-order valence-corrected chi connectivity index (χ0v) is 20.2. The average molecular weight is 500 g/mol. The van der Waals surface area contributed by atoms with Gasteiger partial charge in [-0.15, -0.1) is 0 Å². The fourth-order valence-corrected chi connectivity index (χ4v) is 3.68. The third kappa shape index (κ3) is 6.37. The lowest BCUT2D eigenvalue weighted by atomic mass is 9.85. The number of rotatable bonds is 10. The SMILES string of the molecule is COc1ccc(C(=O)[C@@H](C(=O)CCC(=O)Nc2ccc(Cl)c(Cl)c2)c2ccc(OC)cc2)cc1. The molecular formula is C26H23Cl2NO5. The molecule has 6 nitrogen and oxygen atoms in total. The first kappa shape index (κ1) is 25.3. The van der Waals surface area contributed by atoms with Crippen LogP contribution in [0.5, 0.6) is 11.5 Å². The summed E-state index contributed by atoms with van der Waals surface area (Å²) in [6.45, 7) is 0. The van der Waals surface area contributed by atoms with Crippen molar-refractivity contribution in [3.63, 3.8) is 0 Å². The number of anilines is 1. The summed E-state index contributed by atoms with van der Waals surface area (Å²) in [5, 5.41) is 3.36. The summed E-state index contributed by atoms with van der Waals surface area (Å²) >= 11 is 11.9. The zero-order chi connectivity index (χ0) is 24.7. The van der Waals surface area contributed by atoms with E-state index in [-0.39, 0.29) is 30.3 Å². The summed E-state index contributed by atoms with van der Waals surface area (Å²) < 4.78 is 10.3. The number of benzene rings is 3. The van der Waals surface area contributed by atoms with E-state index < -0.39 is 5.92 Å². The number of hydrogen-bond acceptors (Lipinski definition) is 5. The van der Waals surface area contributed by atoms with E-state index >= 15 is 0 Å². The van der Waals surface area contributed by atoms with Gasteiger partial charge in [0.15, 0.2) is 5.78 Å². The topological polar surface area (TPSA) is 81.7 Å². The molecule has 0 aliphatic heterocycles. The molecule has 176 valence electrons. The predicted molar refractivity (Wildman–Crippen MR) is 132 cm³/mol. The number of ketones is 2. The van der Waals surface area contributed by atoms with Gasteiger partial charge in [-0.25, -0.2) is 0 Å². The van der Waals surface area contributed by atoms with E-state index in [4.69, 9.17) is 32.7 Å². The fraction of sp³-hybridized carbons (Fsp3) is 0.192. The van der Waals surface area contributed by atoms with Crippen molar-refractivity contribution in [3.8, 4) is 11.5 Å². The molecule has 0 saturated heterocycles. The van der Waals surface area contributed by atoms with Crippen LogP contribution < -0.4 is 14.8 Å². The lowest BCUT2D eigenvalue weighted by Gasteiger charge is -2.16. The number of Topliss-reactive ketones (excluding diaryl/α,β-unsaturated/α-hetero) is 2. The molecule has 0 spiro atoms. The van der Waals surface area contributed by atoms with E-state index in [9.17, 15) is 14.4 Å².